The van der Waals surface area contributed by atoms with Gasteiger partial charge in [-0.1, -0.05) is 0 Å². The van der Waals surface area contributed by atoms with Crippen LogP contribution in [0, 0.1) is 0 Å². The summed E-state index contributed by atoms with van der Waals surface area (Å²) >= 11 is 0. The Labute approximate surface area is 82.6 Å². The van der Waals surface area contributed by atoms with E-state index in [9.17, 15) is 4.79 Å². The molecule has 0 saturated heterocycles. The molecule has 0 fully saturated rings. The van der Waals surface area contributed by atoms with E-state index in [1.54, 1.807) is 24.3 Å². The summed E-state index contributed by atoms with van der Waals surface area (Å²) < 4.78 is 9.69. The van der Waals surface area contributed by atoms with Gasteiger partial charge in [0.05, 0.1) is 0 Å². The summed E-state index contributed by atoms with van der Waals surface area (Å²) in [5.41, 5.74) is 6.63. The van der Waals surface area contributed by atoms with Gasteiger partial charge in [0.1, 0.15) is 0 Å². The summed E-state index contributed by atoms with van der Waals surface area (Å²) in [4.78, 5) is 11.6. The molecule has 0 aliphatic rings. The Balaban J connectivity index is 2.83. The van der Waals surface area contributed by atoms with Crippen molar-refractivity contribution in [1.82, 2.24) is 0 Å². The van der Waals surface area contributed by atoms with Crippen LogP contribution in [0.3, 0.4) is 0 Å². The Bertz CT molecular complexity index is 304. The van der Waals surface area contributed by atoms with Gasteiger partial charge < -0.3 is 15.2 Å². The maximum Gasteiger partial charge on any atom is 0.222 e. The number of benzene rings is 1. The van der Waals surface area contributed by atoms with E-state index in [2.05, 4.69) is 0 Å². The maximum atomic E-state index is 11.6. The summed E-state index contributed by atoms with van der Waals surface area (Å²) in [5.74, 6) is -0.213. The number of anilines is 1. The molecule has 0 atom stereocenters. The Morgan fingerprint density at radius 3 is 2.14 bits per heavy atom. The molecule has 0 aliphatic heterocycles. The van der Waals surface area contributed by atoms with Crippen molar-refractivity contribution in [2.24, 2.45) is 0 Å². The van der Waals surface area contributed by atoms with Crippen LogP contribution in [0.2, 0.25) is 0 Å². The summed E-state index contributed by atoms with van der Waals surface area (Å²) in [5, 5.41) is 0. The largest absolute Gasteiger partial charge is 0.399 e. The number of rotatable bonds is 4. The van der Waals surface area contributed by atoms with Gasteiger partial charge in [-0.25, -0.2) is 0 Å². The second-order valence-corrected chi connectivity index (χ2v) is 2.79. The van der Waals surface area contributed by atoms with Crippen LogP contribution in [-0.4, -0.2) is 26.3 Å². The topological polar surface area (TPSA) is 61.5 Å². The number of ketones is 1. The van der Waals surface area contributed by atoms with Gasteiger partial charge in [0.15, 0.2) is 0 Å². The zero-order chi connectivity index (χ0) is 10.6. The second kappa shape index (κ2) is 4.74. The SMILES string of the molecule is COC(OC)C(=O)c1ccc(N)cc1. The Hall–Kier alpha value is -1.39. The third kappa shape index (κ3) is 2.31. The normalized spacial score (nSPS) is 10.5. The molecule has 0 radical (unpaired) electrons. The number of methoxy groups -OCH3 is 2. The molecule has 0 unspecified atom stereocenters. The third-order valence-electron chi connectivity index (χ3n) is 1.84. The zero-order valence-corrected chi connectivity index (χ0v) is 8.19. The van der Waals surface area contributed by atoms with Crippen LogP contribution in [0.25, 0.3) is 0 Å². The molecule has 14 heavy (non-hydrogen) atoms. The molecule has 0 bridgehead atoms. The fourth-order valence-corrected chi connectivity index (χ4v) is 1.09. The van der Waals surface area contributed by atoms with Crippen molar-refractivity contribution in [1.29, 1.82) is 0 Å². The van der Waals surface area contributed by atoms with Crippen LogP contribution in [0.4, 0.5) is 5.69 Å². The number of carbonyl (C=O) groups is 1. The minimum Gasteiger partial charge on any atom is -0.399 e. The summed E-state index contributed by atoms with van der Waals surface area (Å²) in [7, 11) is 2.84. The quantitative estimate of drug-likeness (QED) is 0.443. The highest BCUT2D eigenvalue weighted by molar-refractivity contribution is 5.98. The standard InChI is InChI=1S/C10H13NO3/c1-13-10(14-2)9(12)7-3-5-8(11)6-4-7/h3-6,10H,11H2,1-2H3. The second-order valence-electron chi connectivity index (χ2n) is 2.79. The van der Waals surface area contributed by atoms with Crippen LogP contribution in [0.15, 0.2) is 24.3 Å². The first-order chi connectivity index (χ1) is 6.69. The lowest BCUT2D eigenvalue weighted by Crippen LogP contribution is -2.24. The molecule has 4 heteroatoms. The molecule has 2 N–H and O–H groups in total. The van der Waals surface area contributed by atoms with Crippen LogP contribution < -0.4 is 5.73 Å². The monoisotopic (exact) mass is 195 g/mol. The molecule has 0 aliphatic carbocycles. The van der Waals surface area contributed by atoms with E-state index in [1.807, 2.05) is 0 Å². The highest BCUT2D eigenvalue weighted by Crippen LogP contribution is 2.09. The molecular formula is C10H13NO3. The molecule has 76 valence electrons. The van der Waals surface area contributed by atoms with E-state index in [4.69, 9.17) is 15.2 Å². The molecule has 0 spiro atoms. The average molecular weight is 195 g/mol. The molecular weight excluding hydrogens is 182 g/mol. The average Bonchev–Trinajstić information content (AvgIpc) is 2.20. The summed E-state index contributed by atoms with van der Waals surface area (Å²) in [6, 6.07) is 6.61. The molecule has 1 aromatic carbocycles. The van der Waals surface area contributed by atoms with Crippen molar-refractivity contribution < 1.29 is 14.3 Å². The van der Waals surface area contributed by atoms with Gasteiger partial charge >= 0.3 is 0 Å². The van der Waals surface area contributed by atoms with Crippen molar-refractivity contribution in [3.05, 3.63) is 29.8 Å². The van der Waals surface area contributed by atoms with Gasteiger partial charge in [-0.05, 0) is 24.3 Å². The van der Waals surface area contributed by atoms with E-state index in [0.717, 1.165) is 0 Å². The molecule has 0 aromatic heterocycles. The first kappa shape index (κ1) is 10.7. The molecule has 0 heterocycles. The van der Waals surface area contributed by atoms with E-state index in [-0.39, 0.29) is 5.78 Å². The van der Waals surface area contributed by atoms with Gasteiger partial charge in [-0.3, -0.25) is 4.79 Å². The van der Waals surface area contributed by atoms with Crippen LogP contribution in [0.1, 0.15) is 10.4 Å². The number of nitrogen functional groups attached to an aromatic ring is 1. The molecule has 4 nitrogen and oxygen atoms in total. The van der Waals surface area contributed by atoms with Gasteiger partial charge in [0.2, 0.25) is 12.1 Å². The van der Waals surface area contributed by atoms with E-state index in [0.29, 0.717) is 11.3 Å². The van der Waals surface area contributed by atoms with Gasteiger partial charge in [-0.15, -0.1) is 0 Å². The highest BCUT2D eigenvalue weighted by Gasteiger charge is 2.18. The Morgan fingerprint density at radius 2 is 1.71 bits per heavy atom. The lowest BCUT2D eigenvalue weighted by Gasteiger charge is -2.11. The van der Waals surface area contributed by atoms with E-state index >= 15 is 0 Å². The highest BCUT2D eigenvalue weighted by atomic mass is 16.7. The first-order valence-corrected chi connectivity index (χ1v) is 4.14. The molecule has 0 amide bonds. The third-order valence-corrected chi connectivity index (χ3v) is 1.84. The van der Waals surface area contributed by atoms with Gasteiger partial charge in [0.25, 0.3) is 0 Å². The molecule has 1 rings (SSSR count). The predicted molar refractivity (Wildman–Crippen MR) is 53.0 cm³/mol. The molecule has 1 aromatic rings. The number of Topliss-reactive ketones (excluding diaryl/α,β-unsaturated/α-hetero) is 1. The number of hydrogen-bond acceptors (Lipinski definition) is 4. The minimum absolute atomic E-state index is 0.213. The number of ether oxygens (including phenoxy) is 2. The number of nitrogens with two attached hydrogens (primary N) is 1. The van der Waals surface area contributed by atoms with Crippen molar-refractivity contribution in [3.8, 4) is 0 Å². The Morgan fingerprint density at radius 1 is 1.21 bits per heavy atom. The predicted octanol–water partition coefficient (Wildman–Crippen LogP) is 1.07. The summed E-state index contributed by atoms with van der Waals surface area (Å²) in [6.45, 7) is 0. The summed E-state index contributed by atoms with van der Waals surface area (Å²) in [6.07, 6.45) is -0.848. The van der Waals surface area contributed by atoms with E-state index in [1.165, 1.54) is 14.2 Å². The number of carbonyl (C=O) groups excluding carboxylic acids is 1. The van der Waals surface area contributed by atoms with Crippen molar-refractivity contribution in [2.45, 2.75) is 6.29 Å². The smallest absolute Gasteiger partial charge is 0.222 e. The minimum atomic E-state index is -0.848. The van der Waals surface area contributed by atoms with Gasteiger partial charge in [-0.2, -0.15) is 0 Å². The maximum absolute atomic E-state index is 11.6. The van der Waals surface area contributed by atoms with Crippen LogP contribution in [-0.2, 0) is 9.47 Å². The lowest BCUT2D eigenvalue weighted by molar-refractivity contribution is -0.0742. The lowest BCUT2D eigenvalue weighted by atomic mass is 10.1. The van der Waals surface area contributed by atoms with Crippen molar-refractivity contribution >= 4 is 11.5 Å². The van der Waals surface area contributed by atoms with Gasteiger partial charge in [0, 0.05) is 25.5 Å². The first-order valence-electron chi connectivity index (χ1n) is 4.14. The molecule has 0 saturated carbocycles. The van der Waals surface area contributed by atoms with Crippen LogP contribution in [0.5, 0.6) is 0 Å². The van der Waals surface area contributed by atoms with Crippen molar-refractivity contribution in [3.63, 3.8) is 0 Å². The fourth-order valence-electron chi connectivity index (χ4n) is 1.09. The van der Waals surface area contributed by atoms with Crippen LogP contribution >= 0.6 is 0 Å². The van der Waals surface area contributed by atoms with E-state index < -0.39 is 6.29 Å². The Kier molecular flexibility index (Phi) is 3.62. The zero-order valence-electron chi connectivity index (χ0n) is 8.19. The fraction of sp³-hybridized carbons (Fsp3) is 0.300. The van der Waals surface area contributed by atoms with Crippen molar-refractivity contribution in [2.75, 3.05) is 20.0 Å². The number of hydrogen-bond donors (Lipinski definition) is 1.